The van der Waals surface area contributed by atoms with E-state index in [1.807, 2.05) is 0 Å². The van der Waals surface area contributed by atoms with Crippen LogP contribution in [0.15, 0.2) is 21.6 Å². The summed E-state index contributed by atoms with van der Waals surface area (Å²) in [4.78, 5) is 24.5. The highest BCUT2D eigenvalue weighted by Gasteiger charge is 2.35. The molecule has 0 spiro atoms. The summed E-state index contributed by atoms with van der Waals surface area (Å²) in [6.45, 7) is 3.63. The molecule has 0 unspecified atom stereocenters. The number of hydrogen-bond donors (Lipinski definition) is 1. The van der Waals surface area contributed by atoms with E-state index in [9.17, 15) is 18.0 Å². The molecule has 152 valence electrons. The third-order valence-electron chi connectivity index (χ3n) is 4.63. The third kappa shape index (κ3) is 3.96. The van der Waals surface area contributed by atoms with Crippen molar-refractivity contribution in [3.05, 3.63) is 28.5 Å². The fraction of sp³-hybridized carbons (Fsp3) is 0.471. The Morgan fingerprint density at radius 3 is 2.54 bits per heavy atom. The van der Waals surface area contributed by atoms with Gasteiger partial charge in [-0.2, -0.15) is 4.31 Å². The van der Waals surface area contributed by atoms with Gasteiger partial charge in [0.25, 0.3) is 0 Å². The number of aryl methyl sites for hydroxylation is 2. The number of nitrogens with one attached hydrogen (secondary N) is 1. The second-order valence-electron chi connectivity index (χ2n) is 6.48. The number of thiophene rings is 1. The number of hydrogen-bond acceptors (Lipinski definition) is 8. The van der Waals surface area contributed by atoms with Crippen LogP contribution in [0.25, 0.3) is 0 Å². The molecule has 0 saturated carbocycles. The van der Waals surface area contributed by atoms with Gasteiger partial charge >= 0.3 is 5.97 Å². The highest BCUT2D eigenvalue weighted by atomic mass is 32.2. The zero-order chi connectivity index (χ0) is 20.5. The summed E-state index contributed by atoms with van der Waals surface area (Å²) in [6, 6.07) is 3.23. The maximum atomic E-state index is 12.8. The van der Waals surface area contributed by atoms with Gasteiger partial charge in [0.15, 0.2) is 5.76 Å². The van der Waals surface area contributed by atoms with E-state index < -0.39 is 16.0 Å². The van der Waals surface area contributed by atoms with Crippen molar-refractivity contribution in [1.82, 2.24) is 9.46 Å². The minimum Gasteiger partial charge on any atom is -0.465 e. The first-order valence-electron chi connectivity index (χ1n) is 8.66. The molecule has 1 aliphatic rings. The molecule has 1 N–H and O–H groups in total. The van der Waals surface area contributed by atoms with Crippen molar-refractivity contribution in [1.29, 1.82) is 0 Å². The Morgan fingerprint density at radius 1 is 1.29 bits per heavy atom. The number of piperidine rings is 1. The summed E-state index contributed by atoms with van der Waals surface area (Å²) in [5, 5.41) is 7.05. The van der Waals surface area contributed by atoms with E-state index in [0.717, 1.165) is 11.3 Å². The SMILES string of the molecule is COC(=O)c1ccc(NC(=O)C2CCN(S(=O)(=O)c3c(C)noc3C)CC2)s1. The Morgan fingerprint density at radius 2 is 1.96 bits per heavy atom. The number of aromatic nitrogens is 1. The van der Waals surface area contributed by atoms with Crippen molar-refractivity contribution in [3.63, 3.8) is 0 Å². The van der Waals surface area contributed by atoms with E-state index in [1.54, 1.807) is 26.0 Å². The molecule has 2 aromatic heterocycles. The molecule has 3 heterocycles. The number of rotatable bonds is 5. The number of anilines is 1. The van der Waals surface area contributed by atoms with Crippen LogP contribution in [-0.2, 0) is 19.6 Å². The minimum atomic E-state index is -3.70. The Kier molecular flexibility index (Phi) is 5.87. The standard InChI is InChI=1S/C17H21N3O6S2/c1-10-15(11(2)26-19-10)28(23,24)20-8-6-12(7-9-20)16(21)18-14-5-4-13(27-14)17(22)25-3/h4-5,12H,6-9H2,1-3H3,(H,18,21). The normalized spacial score (nSPS) is 16.1. The van der Waals surface area contributed by atoms with Crippen molar-refractivity contribution in [2.45, 2.75) is 31.6 Å². The average molecular weight is 428 g/mol. The van der Waals surface area contributed by atoms with E-state index in [1.165, 1.54) is 11.4 Å². The molecule has 11 heteroatoms. The van der Waals surface area contributed by atoms with Crippen LogP contribution in [0.1, 0.15) is 34.0 Å². The van der Waals surface area contributed by atoms with Gasteiger partial charge in [-0.05, 0) is 38.8 Å². The zero-order valence-corrected chi connectivity index (χ0v) is 17.4. The van der Waals surface area contributed by atoms with E-state index in [4.69, 9.17) is 4.52 Å². The third-order valence-corrected chi connectivity index (χ3v) is 7.75. The molecule has 1 saturated heterocycles. The van der Waals surface area contributed by atoms with Crippen molar-refractivity contribution < 1.29 is 27.3 Å². The van der Waals surface area contributed by atoms with Gasteiger partial charge in [-0.25, -0.2) is 13.2 Å². The first-order chi connectivity index (χ1) is 13.2. The minimum absolute atomic E-state index is 0.101. The Balaban J connectivity index is 1.61. The number of esters is 1. The van der Waals surface area contributed by atoms with Crippen molar-refractivity contribution >= 4 is 38.2 Å². The summed E-state index contributed by atoms with van der Waals surface area (Å²) >= 11 is 1.13. The number of carbonyl (C=O) groups excluding carboxylic acids is 2. The van der Waals surface area contributed by atoms with E-state index >= 15 is 0 Å². The Bertz CT molecular complexity index is 967. The van der Waals surface area contributed by atoms with Crippen LogP contribution in [0, 0.1) is 19.8 Å². The Hall–Kier alpha value is -2.24. The van der Waals surface area contributed by atoms with Crippen LogP contribution >= 0.6 is 11.3 Å². The summed E-state index contributed by atoms with van der Waals surface area (Å²) in [7, 11) is -2.40. The van der Waals surface area contributed by atoms with Gasteiger partial charge in [-0.15, -0.1) is 11.3 Å². The number of nitrogens with zero attached hydrogens (tertiary/aromatic N) is 2. The molecule has 0 radical (unpaired) electrons. The van der Waals surface area contributed by atoms with Crippen LogP contribution < -0.4 is 5.32 Å². The molecule has 1 aliphatic heterocycles. The number of carbonyl (C=O) groups is 2. The van der Waals surface area contributed by atoms with Gasteiger partial charge < -0.3 is 14.6 Å². The predicted molar refractivity (Wildman–Crippen MR) is 102 cm³/mol. The quantitative estimate of drug-likeness (QED) is 0.726. The van der Waals surface area contributed by atoms with Gasteiger partial charge in [0.2, 0.25) is 15.9 Å². The summed E-state index contributed by atoms with van der Waals surface area (Å²) in [5.41, 5.74) is 0.330. The maximum Gasteiger partial charge on any atom is 0.348 e. The van der Waals surface area contributed by atoms with Crippen molar-refractivity contribution in [2.24, 2.45) is 5.92 Å². The van der Waals surface area contributed by atoms with Gasteiger partial charge in [0.05, 0.1) is 12.1 Å². The molecule has 9 nitrogen and oxygen atoms in total. The first kappa shape index (κ1) is 20.5. The second-order valence-corrected chi connectivity index (χ2v) is 9.43. The van der Waals surface area contributed by atoms with Crippen LogP contribution in [0.5, 0.6) is 0 Å². The molecule has 1 fully saturated rings. The molecule has 28 heavy (non-hydrogen) atoms. The molecular formula is C17H21N3O6S2. The van der Waals surface area contributed by atoms with Gasteiger partial charge in [-0.1, -0.05) is 5.16 Å². The molecule has 0 aromatic carbocycles. The second kappa shape index (κ2) is 8.02. The lowest BCUT2D eigenvalue weighted by Crippen LogP contribution is -2.41. The number of amides is 1. The summed E-state index contributed by atoms with van der Waals surface area (Å²) in [5.74, 6) is -0.688. The smallest absolute Gasteiger partial charge is 0.348 e. The van der Waals surface area contributed by atoms with E-state index in [-0.39, 0.29) is 35.6 Å². The van der Waals surface area contributed by atoms with Crippen LogP contribution in [0.4, 0.5) is 5.00 Å². The number of ether oxygens (including phenoxy) is 1. The highest BCUT2D eigenvalue weighted by Crippen LogP contribution is 2.29. The predicted octanol–water partition coefficient (Wildman–Crippen LogP) is 2.18. The lowest BCUT2D eigenvalue weighted by molar-refractivity contribution is -0.120. The molecular weight excluding hydrogens is 406 g/mol. The number of sulfonamides is 1. The fourth-order valence-corrected chi connectivity index (χ4v) is 5.76. The summed E-state index contributed by atoms with van der Waals surface area (Å²) in [6.07, 6.45) is 0.813. The first-order valence-corrected chi connectivity index (χ1v) is 10.9. The van der Waals surface area contributed by atoms with Crippen molar-refractivity contribution in [3.8, 4) is 0 Å². The molecule has 2 aromatic rings. The van der Waals surface area contributed by atoms with Gasteiger partial charge in [-0.3, -0.25) is 4.79 Å². The lowest BCUT2D eigenvalue weighted by Gasteiger charge is -2.30. The van der Waals surface area contributed by atoms with Crippen LogP contribution in [-0.4, -0.2) is 50.0 Å². The molecule has 3 rings (SSSR count). The monoisotopic (exact) mass is 427 g/mol. The molecule has 1 amide bonds. The van der Waals surface area contributed by atoms with Crippen LogP contribution in [0.2, 0.25) is 0 Å². The molecule has 0 bridgehead atoms. The Labute approximate surface area is 166 Å². The topological polar surface area (TPSA) is 119 Å². The zero-order valence-electron chi connectivity index (χ0n) is 15.7. The van der Waals surface area contributed by atoms with E-state index in [0.29, 0.717) is 28.4 Å². The average Bonchev–Trinajstić information content (AvgIpc) is 3.27. The largest absolute Gasteiger partial charge is 0.465 e. The number of methoxy groups -OCH3 is 1. The van der Waals surface area contributed by atoms with E-state index in [2.05, 4.69) is 15.2 Å². The lowest BCUT2D eigenvalue weighted by atomic mass is 9.97. The van der Waals surface area contributed by atoms with Crippen LogP contribution in [0.3, 0.4) is 0 Å². The fourth-order valence-electron chi connectivity index (χ4n) is 3.17. The summed E-state index contributed by atoms with van der Waals surface area (Å²) < 4.78 is 36.7. The highest BCUT2D eigenvalue weighted by molar-refractivity contribution is 7.89. The molecule has 0 aliphatic carbocycles. The van der Waals surface area contributed by atoms with Crippen molar-refractivity contribution in [2.75, 3.05) is 25.5 Å². The maximum absolute atomic E-state index is 12.8. The van der Waals surface area contributed by atoms with Gasteiger partial charge in [0.1, 0.15) is 15.5 Å². The van der Waals surface area contributed by atoms with Gasteiger partial charge in [0, 0.05) is 19.0 Å². The molecule has 0 atom stereocenters.